The van der Waals surface area contributed by atoms with Crippen LogP contribution in [0.15, 0.2) is 12.2 Å². The van der Waals surface area contributed by atoms with Gasteiger partial charge < -0.3 is 24.4 Å². The van der Waals surface area contributed by atoms with Crippen LogP contribution in [0.4, 0.5) is 0 Å². The number of cyclic esters (lactones) is 1. The van der Waals surface area contributed by atoms with Gasteiger partial charge in [-0.1, -0.05) is 13.5 Å². The molecular formula is C22H28O8. The van der Waals surface area contributed by atoms with Gasteiger partial charge in [0.05, 0.1) is 19.3 Å². The van der Waals surface area contributed by atoms with Crippen LogP contribution in [0.3, 0.4) is 0 Å². The number of ketones is 1. The molecular weight excluding hydrogens is 392 g/mol. The van der Waals surface area contributed by atoms with Crippen LogP contribution in [0.1, 0.15) is 39.5 Å². The topological polar surface area (TPSA) is 119 Å². The van der Waals surface area contributed by atoms with Crippen molar-refractivity contribution < 1.29 is 38.8 Å². The lowest BCUT2D eigenvalue weighted by atomic mass is 9.43. The first-order valence-corrected chi connectivity index (χ1v) is 10.6. The molecule has 8 nitrogen and oxygen atoms in total. The van der Waals surface area contributed by atoms with Gasteiger partial charge in [0.2, 0.25) is 0 Å². The molecule has 2 bridgehead atoms. The molecule has 164 valence electrons. The maximum atomic E-state index is 13.3. The van der Waals surface area contributed by atoms with E-state index in [1.165, 1.54) is 6.92 Å². The molecule has 2 spiro atoms. The van der Waals surface area contributed by atoms with Crippen molar-refractivity contribution in [3.63, 3.8) is 0 Å². The molecule has 0 aromatic carbocycles. The zero-order valence-electron chi connectivity index (χ0n) is 17.3. The zero-order valence-corrected chi connectivity index (χ0v) is 17.3. The molecule has 8 heteroatoms. The van der Waals surface area contributed by atoms with Crippen molar-refractivity contribution in [1.82, 2.24) is 0 Å². The lowest BCUT2D eigenvalue weighted by molar-refractivity contribution is -0.252. The minimum atomic E-state index is -1.46. The highest BCUT2D eigenvalue weighted by atomic mass is 16.6. The minimum absolute atomic E-state index is 0.00675. The van der Waals surface area contributed by atoms with Gasteiger partial charge in [0.25, 0.3) is 0 Å². The summed E-state index contributed by atoms with van der Waals surface area (Å²) in [7, 11) is 0. The lowest BCUT2D eigenvalue weighted by Crippen LogP contribution is -2.69. The van der Waals surface area contributed by atoms with Crippen molar-refractivity contribution in [3.05, 3.63) is 12.2 Å². The van der Waals surface area contributed by atoms with Crippen LogP contribution in [0.5, 0.6) is 0 Å². The smallest absolute Gasteiger partial charge is 0.320 e. The second kappa shape index (κ2) is 6.14. The third-order valence-electron chi connectivity index (χ3n) is 8.75. The molecule has 2 N–H and O–H groups in total. The second-order valence-electron chi connectivity index (χ2n) is 10.1. The fraction of sp³-hybridized carbons (Fsp3) is 0.773. The van der Waals surface area contributed by atoms with Gasteiger partial charge in [-0.15, -0.1) is 0 Å². The van der Waals surface area contributed by atoms with Crippen LogP contribution in [-0.2, 0) is 28.6 Å². The number of fused-ring (bicyclic) bond motifs is 4. The van der Waals surface area contributed by atoms with Gasteiger partial charge in [-0.25, -0.2) is 0 Å². The number of esters is 2. The standard InChI is InChI=1S/C22H28O8/c1-10-12-6-13(24)15-21(9-29-19(27)22(15,7-12)17(10)25)5-4-14(30-11(2)23)20(3)8-28-18(26)16(20)21/h12-16,18,24,26H,1,4-9H2,2-3H3/t12-,13-,14+,15+,16-,18+,20-,21-,22+/m1/s1. The average molecular weight is 420 g/mol. The Morgan fingerprint density at radius 2 is 1.97 bits per heavy atom. The van der Waals surface area contributed by atoms with E-state index in [1.54, 1.807) is 0 Å². The Bertz CT molecular complexity index is 852. The Hall–Kier alpha value is -1.77. The summed E-state index contributed by atoms with van der Waals surface area (Å²) in [6, 6.07) is 0. The molecule has 0 amide bonds. The first-order valence-electron chi connectivity index (χ1n) is 10.6. The van der Waals surface area contributed by atoms with Crippen molar-refractivity contribution in [2.45, 2.75) is 58.0 Å². The fourth-order valence-corrected chi connectivity index (χ4v) is 7.72. The van der Waals surface area contributed by atoms with Gasteiger partial charge in [0, 0.05) is 29.6 Å². The van der Waals surface area contributed by atoms with Crippen molar-refractivity contribution >= 4 is 17.7 Å². The molecule has 0 aromatic rings. The van der Waals surface area contributed by atoms with Crippen LogP contribution in [0, 0.1) is 34.0 Å². The predicted molar refractivity (Wildman–Crippen MR) is 101 cm³/mol. The quantitative estimate of drug-likeness (QED) is 0.362. The summed E-state index contributed by atoms with van der Waals surface area (Å²) in [5.74, 6) is -2.84. The molecule has 0 unspecified atom stereocenters. The third-order valence-corrected chi connectivity index (χ3v) is 8.75. The molecule has 5 fully saturated rings. The summed E-state index contributed by atoms with van der Waals surface area (Å²) >= 11 is 0. The van der Waals surface area contributed by atoms with E-state index in [-0.39, 0.29) is 24.9 Å². The van der Waals surface area contributed by atoms with Crippen LogP contribution >= 0.6 is 0 Å². The van der Waals surface area contributed by atoms with E-state index < -0.39 is 58.5 Å². The Morgan fingerprint density at radius 3 is 2.67 bits per heavy atom. The van der Waals surface area contributed by atoms with Crippen molar-refractivity contribution in [3.8, 4) is 0 Å². The number of aliphatic hydroxyl groups is 2. The Kier molecular flexibility index (Phi) is 4.13. The first kappa shape index (κ1) is 20.2. The molecule has 0 radical (unpaired) electrons. The van der Waals surface area contributed by atoms with Gasteiger partial charge in [-0.3, -0.25) is 14.4 Å². The monoisotopic (exact) mass is 420 g/mol. The Labute approximate surface area is 174 Å². The summed E-state index contributed by atoms with van der Waals surface area (Å²) in [4.78, 5) is 38.1. The SMILES string of the molecule is C=C1C(=O)[C@]23C[C@H]1C[C@@H](O)[C@H]2[C@@]1(CC[C@H](OC(C)=O)[C@@]2(C)CO[C@H](O)[C@H]21)COC3=O. The molecule has 3 saturated carbocycles. The molecule has 30 heavy (non-hydrogen) atoms. The fourth-order valence-electron chi connectivity index (χ4n) is 7.72. The second-order valence-corrected chi connectivity index (χ2v) is 10.1. The highest BCUT2D eigenvalue weighted by Crippen LogP contribution is 2.69. The van der Waals surface area contributed by atoms with E-state index in [2.05, 4.69) is 6.58 Å². The largest absolute Gasteiger partial charge is 0.464 e. The van der Waals surface area contributed by atoms with E-state index in [4.69, 9.17) is 14.2 Å². The van der Waals surface area contributed by atoms with E-state index in [0.717, 1.165) is 0 Å². The highest BCUT2D eigenvalue weighted by molar-refractivity contribution is 6.15. The summed E-state index contributed by atoms with van der Waals surface area (Å²) in [5, 5.41) is 22.1. The van der Waals surface area contributed by atoms with Crippen molar-refractivity contribution in [2.75, 3.05) is 13.2 Å². The number of carbonyl (C=O) groups is 3. The number of Topliss-reactive ketones (excluding diaryl/α,β-unsaturated/α-hetero) is 1. The predicted octanol–water partition coefficient (Wildman–Crippen LogP) is 0.739. The summed E-state index contributed by atoms with van der Waals surface area (Å²) in [5.41, 5.74) is -2.68. The van der Waals surface area contributed by atoms with Crippen LogP contribution in [0.2, 0.25) is 0 Å². The highest BCUT2D eigenvalue weighted by Gasteiger charge is 2.77. The summed E-state index contributed by atoms with van der Waals surface area (Å²) in [6.07, 6.45) is -0.987. The van der Waals surface area contributed by atoms with Gasteiger partial charge in [-0.2, -0.15) is 0 Å². The molecule has 0 aromatic heterocycles. The minimum Gasteiger partial charge on any atom is -0.464 e. The Morgan fingerprint density at radius 1 is 1.23 bits per heavy atom. The van der Waals surface area contributed by atoms with Gasteiger partial charge in [-0.05, 0) is 37.2 Å². The van der Waals surface area contributed by atoms with Gasteiger partial charge in [0.1, 0.15) is 11.5 Å². The van der Waals surface area contributed by atoms with E-state index >= 15 is 0 Å². The molecule has 5 aliphatic rings. The first-order chi connectivity index (χ1) is 14.1. The molecule has 5 rings (SSSR count). The molecule has 2 aliphatic heterocycles. The Balaban J connectivity index is 1.65. The van der Waals surface area contributed by atoms with E-state index in [0.29, 0.717) is 31.3 Å². The maximum Gasteiger partial charge on any atom is 0.320 e. The van der Waals surface area contributed by atoms with Crippen molar-refractivity contribution in [1.29, 1.82) is 0 Å². The zero-order chi connectivity index (χ0) is 21.6. The molecule has 3 aliphatic carbocycles. The number of ether oxygens (including phenoxy) is 3. The summed E-state index contributed by atoms with van der Waals surface area (Å²) in [6.45, 7) is 7.32. The van der Waals surface area contributed by atoms with Crippen LogP contribution in [0.25, 0.3) is 0 Å². The molecule has 2 saturated heterocycles. The number of rotatable bonds is 1. The van der Waals surface area contributed by atoms with Crippen LogP contribution in [-0.4, -0.2) is 59.6 Å². The van der Waals surface area contributed by atoms with Crippen LogP contribution < -0.4 is 0 Å². The number of hydrogen-bond acceptors (Lipinski definition) is 8. The van der Waals surface area contributed by atoms with Gasteiger partial charge >= 0.3 is 11.9 Å². The lowest BCUT2D eigenvalue weighted by Gasteiger charge is -2.62. The number of hydrogen-bond donors (Lipinski definition) is 2. The number of allylic oxidation sites excluding steroid dienone is 1. The summed E-state index contributed by atoms with van der Waals surface area (Å²) < 4.78 is 16.9. The van der Waals surface area contributed by atoms with E-state index in [1.807, 2.05) is 6.92 Å². The average Bonchev–Trinajstić information content (AvgIpc) is 3.10. The van der Waals surface area contributed by atoms with Gasteiger partial charge in [0.15, 0.2) is 12.1 Å². The normalized spacial score (nSPS) is 52.1. The number of carbonyl (C=O) groups excluding carboxylic acids is 3. The third kappa shape index (κ3) is 2.19. The molecule has 2 heterocycles. The number of aliphatic hydroxyl groups excluding tert-OH is 2. The maximum absolute atomic E-state index is 13.3. The van der Waals surface area contributed by atoms with E-state index in [9.17, 15) is 24.6 Å². The van der Waals surface area contributed by atoms with Crippen molar-refractivity contribution in [2.24, 2.45) is 34.0 Å². The molecule has 9 atom stereocenters.